The molecule has 0 aliphatic rings. The molecular weight excluding hydrogens is 507 g/mol. The van der Waals surface area contributed by atoms with Crippen LogP contribution in [0.15, 0.2) is 72.8 Å². The van der Waals surface area contributed by atoms with Crippen molar-refractivity contribution in [2.24, 2.45) is 0 Å². The molecule has 3 aromatic carbocycles. The Bertz CT molecular complexity index is 1240. The van der Waals surface area contributed by atoms with E-state index in [-0.39, 0.29) is 36.4 Å². The second-order valence-electron chi connectivity index (χ2n) is 7.82. The summed E-state index contributed by atoms with van der Waals surface area (Å²) in [6.07, 6.45) is -9.27. The summed E-state index contributed by atoms with van der Waals surface area (Å²) in [5, 5.41) is 4.82. The van der Waals surface area contributed by atoms with Gasteiger partial charge in [-0.25, -0.2) is 9.18 Å². The fourth-order valence-electron chi connectivity index (χ4n) is 3.30. The van der Waals surface area contributed by atoms with E-state index >= 15 is 0 Å². The number of benzene rings is 3. The molecule has 5 nitrogen and oxygen atoms in total. The molecule has 0 aliphatic carbocycles. The third-order valence-electron chi connectivity index (χ3n) is 5.12. The van der Waals surface area contributed by atoms with E-state index in [0.29, 0.717) is 6.07 Å². The third kappa shape index (κ3) is 7.69. The average molecular weight is 527 g/mol. The molecule has 0 spiro atoms. The summed E-state index contributed by atoms with van der Waals surface area (Å²) in [5.41, 5.74) is -2.21. The Morgan fingerprint density at radius 2 is 1.38 bits per heavy atom. The van der Waals surface area contributed by atoms with Gasteiger partial charge in [0.15, 0.2) is 0 Å². The van der Waals surface area contributed by atoms with Gasteiger partial charge in [-0.2, -0.15) is 26.3 Å². The van der Waals surface area contributed by atoms with E-state index in [2.05, 4.69) is 10.6 Å². The van der Waals surface area contributed by atoms with E-state index in [0.717, 1.165) is 47.4 Å². The highest BCUT2D eigenvalue weighted by molar-refractivity contribution is 6.01. The Hall–Kier alpha value is -4.09. The predicted octanol–water partition coefficient (Wildman–Crippen LogP) is 6.72. The van der Waals surface area contributed by atoms with Crippen molar-refractivity contribution in [1.82, 2.24) is 5.32 Å². The standard InChI is InChI=1S/C25H20F7N3O2/c26-19-10-8-16(9-11-19)22(36)33-12-3-13-35(21-7-2-5-18(15-21)25(30,31)32)23(37)34-20-6-1-4-17(14-20)24(27,28)29/h1-2,4-11,14-15H,3,12-13H2,(H,33,36)(H,34,37). The predicted molar refractivity (Wildman–Crippen MR) is 123 cm³/mol. The molecular formula is C25H20F7N3O2. The van der Waals surface area contributed by atoms with Crippen LogP contribution >= 0.6 is 0 Å². The number of nitrogens with zero attached hydrogens (tertiary/aromatic N) is 1. The Morgan fingerprint density at radius 3 is 2.00 bits per heavy atom. The highest BCUT2D eigenvalue weighted by Gasteiger charge is 2.32. The van der Waals surface area contributed by atoms with Crippen LogP contribution in [0.1, 0.15) is 27.9 Å². The highest BCUT2D eigenvalue weighted by atomic mass is 19.4. The maximum absolute atomic E-state index is 13.2. The molecule has 0 fully saturated rings. The molecule has 0 saturated carbocycles. The lowest BCUT2D eigenvalue weighted by atomic mass is 10.1. The number of hydrogen-bond acceptors (Lipinski definition) is 2. The number of nitrogens with one attached hydrogen (secondary N) is 2. The van der Waals surface area contributed by atoms with Crippen LogP contribution in [-0.4, -0.2) is 25.0 Å². The van der Waals surface area contributed by atoms with E-state index < -0.39 is 41.2 Å². The summed E-state index contributed by atoms with van der Waals surface area (Å²) in [6, 6.07) is 11.5. The van der Waals surface area contributed by atoms with E-state index in [1.807, 2.05) is 0 Å². The minimum Gasteiger partial charge on any atom is -0.352 e. The number of carbonyl (C=O) groups is 2. The number of alkyl halides is 6. The third-order valence-corrected chi connectivity index (χ3v) is 5.12. The first-order valence-corrected chi connectivity index (χ1v) is 10.8. The molecule has 196 valence electrons. The van der Waals surface area contributed by atoms with E-state index in [9.17, 15) is 40.3 Å². The fourth-order valence-corrected chi connectivity index (χ4v) is 3.30. The molecule has 0 saturated heterocycles. The maximum atomic E-state index is 13.2. The van der Waals surface area contributed by atoms with Gasteiger partial charge in [0.05, 0.1) is 11.1 Å². The zero-order chi connectivity index (χ0) is 27.2. The van der Waals surface area contributed by atoms with Crippen molar-refractivity contribution in [3.05, 3.63) is 95.3 Å². The van der Waals surface area contributed by atoms with Gasteiger partial charge in [0.2, 0.25) is 0 Å². The van der Waals surface area contributed by atoms with Gasteiger partial charge in [-0.3, -0.25) is 9.69 Å². The van der Waals surface area contributed by atoms with Crippen LogP contribution in [0.25, 0.3) is 0 Å². The molecule has 3 aromatic rings. The van der Waals surface area contributed by atoms with Gasteiger partial charge in [0.25, 0.3) is 5.91 Å². The van der Waals surface area contributed by atoms with Crippen LogP contribution in [-0.2, 0) is 12.4 Å². The van der Waals surface area contributed by atoms with Crippen molar-refractivity contribution in [3.8, 4) is 0 Å². The molecule has 12 heteroatoms. The molecule has 0 aliphatic heterocycles. The number of carbonyl (C=O) groups excluding carboxylic acids is 2. The number of hydrogen-bond donors (Lipinski definition) is 2. The number of rotatable bonds is 7. The lowest BCUT2D eigenvalue weighted by Crippen LogP contribution is -2.37. The van der Waals surface area contributed by atoms with Crippen LogP contribution in [0.4, 0.5) is 46.9 Å². The van der Waals surface area contributed by atoms with Crippen molar-refractivity contribution >= 4 is 23.3 Å². The van der Waals surface area contributed by atoms with Gasteiger partial charge >= 0.3 is 18.4 Å². The normalized spacial score (nSPS) is 11.6. The molecule has 0 radical (unpaired) electrons. The van der Waals surface area contributed by atoms with Crippen LogP contribution in [0.2, 0.25) is 0 Å². The van der Waals surface area contributed by atoms with Crippen LogP contribution < -0.4 is 15.5 Å². The zero-order valence-corrected chi connectivity index (χ0v) is 19.0. The van der Waals surface area contributed by atoms with Crippen molar-refractivity contribution in [1.29, 1.82) is 0 Å². The lowest BCUT2D eigenvalue weighted by Gasteiger charge is -2.24. The van der Waals surface area contributed by atoms with Gasteiger partial charge < -0.3 is 10.6 Å². The summed E-state index contributed by atoms with van der Waals surface area (Å²) in [6.45, 7) is -0.182. The first-order chi connectivity index (χ1) is 17.3. The van der Waals surface area contributed by atoms with E-state index in [1.165, 1.54) is 24.3 Å². The first kappa shape index (κ1) is 27.5. The van der Waals surface area contributed by atoms with Crippen LogP contribution in [0.5, 0.6) is 0 Å². The molecule has 0 unspecified atom stereocenters. The Labute approximate surface area is 206 Å². The second kappa shape index (κ2) is 11.3. The molecule has 2 N–H and O–H groups in total. The summed E-state index contributed by atoms with van der Waals surface area (Å²) in [5.74, 6) is -1.06. The largest absolute Gasteiger partial charge is 0.416 e. The Kier molecular flexibility index (Phi) is 8.41. The molecule has 3 amide bonds. The van der Waals surface area contributed by atoms with Crippen molar-refractivity contribution in [2.75, 3.05) is 23.3 Å². The minimum atomic E-state index is -4.69. The number of urea groups is 1. The van der Waals surface area contributed by atoms with Crippen LogP contribution in [0.3, 0.4) is 0 Å². The lowest BCUT2D eigenvalue weighted by molar-refractivity contribution is -0.138. The zero-order valence-electron chi connectivity index (χ0n) is 19.0. The summed E-state index contributed by atoms with van der Waals surface area (Å²) in [4.78, 5) is 26.0. The number of halogens is 7. The van der Waals surface area contributed by atoms with Gasteiger partial charge in [-0.05, 0) is 67.1 Å². The second-order valence-corrected chi connectivity index (χ2v) is 7.82. The quantitative estimate of drug-likeness (QED) is 0.265. The van der Waals surface area contributed by atoms with Gasteiger partial charge in [0, 0.05) is 30.0 Å². The Morgan fingerprint density at radius 1 is 0.784 bits per heavy atom. The smallest absolute Gasteiger partial charge is 0.352 e. The van der Waals surface area contributed by atoms with Crippen molar-refractivity contribution in [3.63, 3.8) is 0 Å². The van der Waals surface area contributed by atoms with Gasteiger partial charge in [0.1, 0.15) is 5.82 Å². The topological polar surface area (TPSA) is 61.4 Å². The summed E-state index contributed by atoms with van der Waals surface area (Å²) >= 11 is 0. The SMILES string of the molecule is O=C(NCCCN(C(=O)Nc1cccc(C(F)(F)F)c1)c1cccc(C(F)(F)F)c1)c1ccc(F)cc1. The van der Waals surface area contributed by atoms with Gasteiger partial charge in [-0.15, -0.1) is 0 Å². The number of anilines is 2. The monoisotopic (exact) mass is 527 g/mol. The van der Waals surface area contributed by atoms with E-state index in [1.54, 1.807) is 0 Å². The maximum Gasteiger partial charge on any atom is 0.416 e. The van der Waals surface area contributed by atoms with Crippen LogP contribution in [0, 0.1) is 5.82 Å². The van der Waals surface area contributed by atoms with E-state index in [4.69, 9.17) is 0 Å². The Balaban J connectivity index is 1.75. The highest BCUT2D eigenvalue weighted by Crippen LogP contribution is 2.33. The first-order valence-electron chi connectivity index (χ1n) is 10.8. The molecule has 37 heavy (non-hydrogen) atoms. The summed E-state index contributed by atoms with van der Waals surface area (Å²) < 4.78 is 91.7. The fraction of sp³-hybridized carbons (Fsp3) is 0.200. The molecule has 0 heterocycles. The molecule has 0 bridgehead atoms. The van der Waals surface area contributed by atoms with Crippen molar-refractivity contribution < 1.29 is 40.3 Å². The average Bonchev–Trinajstić information content (AvgIpc) is 2.83. The molecule has 3 rings (SSSR count). The summed E-state index contributed by atoms with van der Waals surface area (Å²) in [7, 11) is 0. The molecule has 0 aromatic heterocycles. The molecule has 0 atom stereocenters. The number of amides is 3. The van der Waals surface area contributed by atoms with Crippen molar-refractivity contribution in [2.45, 2.75) is 18.8 Å². The minimum absolute atomic E-state index is 0.00249. The van der Waals surface area contributed by atoms with Gasteiger partial charge in [-0.1, -0.05) is 12.1 Å².